The second kappa shape index (κ2) is 2.23. The van der Waals surface area contributed by atoms with Gasteiger partial charge in [-0.2, -0.15) is 0 Å². The highest BCUT2D eigenvalue weighted by Gasteiger charge is 2.58. The van der Waals surface area contributed by atoms with Crippen LogP contribution < -0.4 is 5.32 Å². The summed E-state index contributed by atoms with van der Waals surface area (Å²) in [5.41, 5.74) is -0.727. The molecule has 4 aliphatic rings. The topological polar surface area (TPSA) is 55.2 Å². The molecule has 4 fully saturated rings. The van der Waals surface area contributed by atoms with Crippen LogP contribution in [0.25, 0.3) is 0 Å². The Kier molecular flexibility index (Phi) is 1.33. The Morgan fingerprint density at radius 1 is 1.23 bits per heavy atom. The zero-order valence-corrected chi connectivity index (χ0v) is 7.53. The van der Waals surface area contributed by atoms with Gasteiger partial charge in [0.1, 0.15) is 0 Å². The molecule has 0 radical (unpaired) electrons. The van der Waals surface area contributed by atoms with E-state index in [-0.39, 0.29) is 4.92 Å². The van der Waals surface area contributed by atoms with Gasteiger partial charge in [-0.1, -0.05) is 0 Å². The molecule has 72 valence electrons. The molecule has 0 aromatic rings. The van der Waals surface area contributed by atoms with Crippen LogP contribution in [-0.2, 0) is 0 Å². The minimum Gasteiger partial charge on any atom is -0.263 e. The summed E-state index contributed by atoms with van der Waals surface area (Å²) in [5, 5.41) is 14.2. The van der Waals surface area contributed by atoms with Crippen LogP contribution in [0.4, 0.5) is 0 Å². The van der Waals surface area contributed by atoms with Gasteiger partial charge < -0.3 is 0 Å². The molecule has 2 aliphatic heterocycles. The molecule has 4 heteroatoms. The van der Waals surface area contributed by atoms with E-state index in [1.807, 2.05) is 0 Å². The van der Waals surface area contributed by atoms with Crippen molar-refractivity contribution in [3.63, 3.8) is 0 Å². The van der Waals surface area contributed by atoms with Crippen LogP contribution >= 0.6 is 0 Å². The lowest BCUT2D eigenvalue weighted by atomic mass is 9.62. The van der Waals surface area contributed by atoms with Crippen molar-refractivity contribution in [3.8, 4) is 0 Å². The smallest absolute Gasteiger partial charge is 0.263 e. The predicted molar refractivity (Wildman–Crippen MR) is 46.7 cm³/mol. The highest BCUT2D eigenvalue weighted by molar-refractivity contribution is 5.02. The fourth-order valence-corrected chi connectivity index (χ4v) is 3.75. The van der Waals surface area contributed by atoms with Crippen LogP contribution in [0.1, 0.15) is 32.1 Å². The van der Waals surface area contributed by atoms with E-state index in [0.717, 1.165) is 12.8 Å². The van der Waals surface area contributed by atoms with E-state index in [1.165, 1.54) is 19.3 Å². The van der Waals surface area contributed by atoms with Crippen LogP contribution in [0.3, 0.4) is 0 Å². The van der Waals surface area contributed by atoms with Crippen LogP contribution in [-0.4, -0.2) is 16.6 Å². The fraction of sp³-hybridized carbons (Fsp3) is 1.00. The van der Waals surface area contributed by atoms with E-state index in [4.69, 9.17) is 0 Å². The van der Waals surface area contributed by atoms with Crippen molar-refractivity contribution >= 4 is 0 Å². The summed E-state index contributed by atoms with van der Waals surface area (Å²) in [6, 6.07) is 0.441. The van der Waals surface area contributed by atoms with Gasteiger partial charge in [0.05, 0.1) is 0 Å². The van der Waals surface area contributed by atoms with E-state index in [0.29, 0.717) is 17.9 Å². The number of nitrogens with one attached hydrogen (secondary N) is 1. The molecule has 0 spiro atoms. The molecule has 4 rings (SSSR count). The summed E-state index contributed by atoms with van der Waals surface area (Å²) in [5.74, 6) is 1.26. The molecule has 2 aliphatic carbocycles. The molecule has 0 amide bonds. The number of hydrogen-bond donors (Lipinski definition) is 1. The van der Waals surface area contributed by atoms with Crippen molar-refractivity contribution in [1.29, 1.82) is 0 Å². The first kappa shape index (κ1) is 7.74. The second-order valence-corrected chi connectivity index (χ2v) is 4.98. The number of piperidine rings is 2. The summed E-state index contributed by atoms with van der Waals surface area (Å²) < 4.78 is 0. The quantitative estimate of drug-likeness (QED) is 0.488. The Bertz CT molecular complexity index is 229. The first-order valence-electron chi connectivity index (χ1n) is 5.10. The molecule has 2 unspecified atom stereocenters. The monoisotopic (exact) mass is 182 g/mol. The lowest BCUT2D eigenvalue weighted by molar-refractivity contribution is -0.595. The van der Waals surface area contributed by atoms with Crippen molar-refractivity contribution in [2.24, 2.45) is 11.8 Å². The van der Waals surface area contributed by atoms with E-state index in [1.54, 1.807) is 0 Å². The SMILES string of the molecule is O=[N+]([O-])C12CC3CC(CC(C3)N1)C2. The minimum atomic E-state index is -0.727. The number of hydrogen-bond acceptors (Lipinski definition) is 3. The van der Waals surface area contributed by atoms with Crippen molar-refractivity contribution in [2.45, 2.75) is 43.8 Å². The molecule has 1 N–H and O–H groups in total. The third kappa shape index (κ3) is 0.950. The molecule has 2 saturated carbocycles. The van der Waals surface area contributed by atoms with Crippen LogP contribution in [0.2, 0.25) is 0 Å². The Hall–Kier alpha value is -0.640. The van der Waals surface area contributed by atoms with Gasteiger partial charge in [-0.15, -0.1) is 0 Å². The number of rotatable bonds is 1. The van der Waals surface area contributed by atoms with E-state index in [9.17, 15) is 10.1 Å². The highest BCUT2D eigenvalue weighted by atomic mass is 16.6. The highest BCUT2D eigenvalue weighted by Crippen LogP contribution is 2.49. The van der Waals surface area contributed by atoms with Gasteiger partial charge >= 0.3 is 0 Å². The summed E-state index contributed by atoms with van der Waals surface area (Å²) >= 11 is 0. The molecular formula is C9H14N2O2. The number of nitro groups is 1. The van der Waals surface area contributed by atoms with Crippen LogP contribution in [0, 0.1) is 22.0 Å². The molecule has 2 atom stereocenters. The summed E-state index contributed by atoms with van der Waals surface area (Å²) in [6.07, 6.45) is 5.13. The third-order valence-electron chi connectivity index (χ3n) is 3.98. The summed E-state index contributed by atoms with van der Waals surface area (Å²) in [6.45, 7) is 0. The lowest BCUT2D eigenvalue weighted by Crippen LogP contribution is -2.67. The van der Waals surface area contributed by atoms with Crippen LogP contribution in [0.5, 0.6) is 0 Å². The maximum Gasteiger partial charge on any atom is 0.275 e. The normalized spacial score (nSPS) is 52.5. The first-order chi connectivity index (χ1) is 6.18. The Morgan fingerprint density at radius 3 is 2.31 bits per heavy atom. The average molecular weight is 182 g/mol. The molecule has 13 heavy (non-hydrogen) atoms. The largest absolute Gasteiger partial charge is 0.275 e. The predicted octanol–water partition coefficient (Wildman–Crippen LogP) is 1.14. The van der Waals surface area contributed by atoms with Gasteiger partial charge in [-0.05, 0) is 31.1 Å². The first-order valence-corrected chi connectivity index (χ1v) is 5.10. The molecule has 2 saturated heterocycles. The Morgan fingerprint density at radius 2 is 1.85 bits per heavy atom. The molecule has 0 aromatic heterocycles. The maximum atomic E-state index is 11.0. The zero-order chi connectivity index (χ0) is 9.05. The standard InChI is InChI=1S/C9H14N2O2/c12-11(13)9-4-6-1-7(5-9)3-8(2-6)10-9/h6-8,10H,1-5H2. The maximum absolute atomic E-state index is 11.0. The molecule has 4 nitrogen and oxygen atoms in total. The van der Waals surface area contributed by atoms with Crippen molar-refractivity contribution < 1.29 is 4.92 Å². The minimum absolute atomic E-state index is 0.0719. The molecule has 4 bridgehead atoms. The van der Waals surface area contributed by atoms with Crippen molar-refractivity contribution in [1.82, 2.24) is 5.32 Å². The summed E-state index contributed by atoms with van der Waals surface area (Å²) in [7, 11) is 0. The number of nitrogens with zero attached hydrogens (tertiary/aromatic N) is 1. The van der Waals surface area contributed by atoms with Gasteiger partial charge in [-0.3, -0.25) is 10.1 Å². The van der Waals surface area contributed by atoms with E-state index in [2.05, 4.69) is 5.32 Å². The van der Waals surface area contributed by atoms with E-state index < -0.39 is 5.66 Å². The second-order valence-electron chi connectivity index (χ2n) is 4.98. The van der Waals surface area contributed by atoms with Gasteiger partial charge in [0, 0.05) is 23.8 Å². The van der Waals surface area contributed by atoms with Gasteiger partial charge in [-0.25, -0.2) is 5.32 Å². The van der Waals surface area contributed by atoms with Gasteiger partial charge in [0.2, 0.25) is 0 Å². The lowest BCUT2D eigenvalue weighted by Gasteiger charge is -2.52. The Balaban J connectivity index is 1.95. The van der Waals surface area contributed by atoms with Gasteiger partial charge in [0.25, 0.3) is 5.66 Å². The van der Waals surface area contributed by atoms with Crippen LogP contribution in [0.15, 0.2) is 0 Å². The summed E-state index contributed by atoms with van der Waals surface area (Å²) in [4.78, 5) is 10.9. The molecular weight excluding hydrogens is 168 g/mol. The average Bonchev–Trinajstić information content (AvgIpc) is 2.00. The van der Waals surface area contributed by atoms with Gasteiger partial charge in [0.15, 0.2) is 0 Å². The van der Waals surface area contributed by atoms with E-state index >= 15 is 0 Å². The zero-order valence-electron chi connectivity index (χ0n) is 7.53. The Labute approximate surface area is 76.8 Å². The molecule has 0 aromatic carbocycles. The fourth-order valence-electron chi connectivity index (χ4n) is 3.75. The van der Waals surface area contributed by atoms with Crippen molar-refractivity contribution in [2.75, 3.05) is 0 Å². The molecule has 2 heterocycles. The van der Waals surface area contributed by atoms with Crippen molar-refractivity contribution in [3.05, 3.63) is 10.1 Å². The third-order valence-corrected chi connectivity index (χ3v) is 3.98.